The second kappa shape index (κ2) is 6.43. The molecular formula is C25H36O3. The van der Waals surface area contributed by atoms with Crippen molar-refractivity contribution in [1.29, 1.82) is 0 Å². The van der Waals surface area contributed by atoms with Gasteiger partial charge in [-0.1, -0.05) is 45.8 Å². The highest BCUT2D eigenvalue weighted by Crippen LogP contribution is 2.61. The molecule has 1 heterocycles. The van der Waals surface area contributed by atoms with E-state index in [0.29, 0.717) is 11.3 Å². The van der Waals surface area contributed by atoms with Crippen LogP contribution in [0, 0.1) is 22.7 Å². The van der Waals surface area contributed by atoms with E-state index < -0.39 is 5.79 Å². The van der Waals surface area contributed by atoms with Gasteiger partial charge in [0.15, 0.2) is 11.5 Å². The van der Waals surface area contributed by atoms with E-state index in [0.717, 1.165) is 28.7 Å². The van der Waals surface area contributed by atoms with Gasteiger partial charge in [-0.2, -0.15) is 0 Å². The van der Waals surface area contributed by atoms with Crippen molar-refractivity contribution in [1.82, 2.24) is 0 Å². The first-order valence-corrected chi connectivity index (χ1v) is 10.9. The fourth-order valence-corrected chi connectivity index (χ4v) is 6.34. The predicted molar refractivity (Wildman–Crippen MR) is 114 cm³/mol. The number of allylic oxidation sites excluding steroid dienone is 1. The van der Waals surface area contributed by atoms with Crippen molar-refractivity contribution >= 4 is 6.08 Å². The molecule has 0 saturated heterocycles. The van der Waals surface area contributed by atoms with Crippen molar-refractivity contribution in [3.63, 3.8) is 0 Å². The molecule has 3 nitrogen and oxygen atoms in total. The van der Waals surface area contributed by atoms with Crippen LogP contribution in [-0.2, 0) is 0 Å². The molecule has 3 aliphatic rings. The molecule has 0 N–H and O–H groups in total. The van der Waals surface area contributed by atoms with Crippen LogP contribution in [0.2, 0.25) is 0 Å². The molecule has 3 heteroatoms. The Morgan fingerprint density at radius 1 is 1.00 bits per heavy atom. The Kier molecular flexibility index (Phi) is 4.52. The van der Waals surface area contributed by atoms with Gasteiger partial charge in [-0.3, -0.25) is 0 Å². The zero-order valence-electron chi connectivity index (χ0n) is 18.6. The molecule has 2 aliphatic carbocycles. The lowest BCUT2D eigenvalue weighted by atomic mass is 9.48. The number of rotatable bonds is 2. The Balaban J connectivity index is 1.79. The van der Waals surface area contributed by atoms with Gasteiger partial charge in [-0.15, -0.1) is 0 Å². The number of hydrogen-bond acceptors (Lipinski definition) is 3. The molecule has 0 radical (unpaired) electrons. The van der Waals surface area contributed by atoms with E-state index in [2.05, 4.69) is 39.8 Å². The molecule has 1 aromatic carbocycles. The molecule has 28 heavy (non-hydrogen) atoms. The van der Waals surface area contributed by atoms with E-state index in [1.807, 2.05) is 19.9 Å². The average Bonchev–Trinajstić information content (AvgIpc) is 2.89. The van der Waals surface area contributed by atoms with Crippen LogP contribution in [0.25, 0.3) is 6.08 Å². The Morgan fingerprint density at radius 3 is 2.36 bits per heavy atom. The summed E-state index contributed by atoms with van der Waals surface area (Å²) in [4.78, 5) is 0. The molecule has 1 aromatic rings. The lowest BCUT2D eigenvalue weighted by Gasteiger charge is -2.56. The summed E-state index contributed by atoms with van der Waals surface area (Å²) in [5.74, 6) is 3.16. The van der Waals surface area contributed by atoms with Crippen molar-refractivity contribution in [2.24, 2.45) is 22.7 Å². The predicted octanol–water partition coefficient (Wildman–Crippen LogP) is 6.85. The van der Waals surface area contributed by atoms with Crippen LogP contribution in [0.4, 0.5) is 0 Å². The highest BCUT2D eigenvalue weighted by molar-refractivity contribution is 5.67. The molecule has 4 rings (SSSR count). The number of ether oxygens (including phenoxy) is 3. The van der Waals surface area contributed by atoms with Crippen molar-refractivity contribution in [3.8, 4) is 17.2 Å². The summed E-state index contributed by atoms with van der Waals surface area (Å²) in [6, 6.07) is 4.08. The van der Waals surface area contributed by atoms with Gasteiger partial charge in [0.05, 0.1) is 7.11 Å². The van der Waals surface area contributed by atoms with Gasteiger partial charge in [0, 0.05) is 25.5 Å². The van der Waals surface area contributed by atoms with Gasteiger partial charge < -0.3 is 14.2 Å². The number of fused-ring (bicyclic) bond motifs is 2. The molecule has 0 bridgehead atoms. The monoisotopic (exact) mass is 384 g/mol. The fraction of sp³-hybridized carbons (Fsp3) is 0.680. The Hall–Kier alpha value is -1.64. The summed E-state index contributed by atoms with van der Waals surface area (Å²) < 4.78 is 17.7. The quantitative estimate of drug-likeness (QED) is 0.558. The van der Waals surface area contributed by atoms with Gasteiger partial charge in [-0.25, -0.2) is 0 Å². The minimum absolute atomic E-state index is 0.264. The van der Waals surface area contributed by atoms with Crippen molar-refractivity contribution in [2.45, 2.75) is 79.4 Å². The first kappa shape index (κ1) is 19.7. The molecule has 0 aromatic heterocycles. The lowest BCUT2D eigenvalue weighted by molar-refractivity contribution is -0.0431. The van der Waals surface area contributed by atoms with Gasteiger partial charge in [-0.05, 0) is 54.4 Å². The van der Waals surface area contributed by atoms with Crippen LogP contribution in [0.1, 0.15) is 79.2 Å². The Labute approximate surface area is 170 Å². The molecule has 1 aliphatic heterocycles. The number of methoxy groups -OCH3 is 1. The first-order valence-electron chi connectivity index (χ1n) is 10.9. The molecule has 0 amide bonds. The van der Waals surface area contributed by atoms with E-state index in [1.165, 1.54) is 32.1 Å². The maximum atomic E-state index is 6.01. The zero-order valence-corrected chi connectivity index (χ0v) is 18.6. The summed E-state index contributed by atoms with van der Waals surface area (Å²) in [5.41, 5.74) is 3.37. The highest BCUT2D eigenvalue weighted by atomic mass is 16.7. The van der Waals surface area contributed by atoms with Crippen LogP contribution >= 0.6 is 0 Å². The second-order valence-electron chi connectivity index (χ2n) is 10.5. The van der Waals surface area contributed by atoms with Crippen molar-refractivity contribution < 1.29 is 14.2 Å². The molecule has 0 spiro atoms. The maximum absolute atomic E-state index is 6.01. The van der Waals surface area contributed by atoms with Gasteiger partial charge >= 0.3 is 0 Å². The second-order valence-corrected chi connectivity index (χ2v) is 10.5. The van der Waals surface area contributed by atoms with Gasteiger partial charge in [0.25, 0.3) is 0 Å². The molecular weight excluding hydrogens is 348 g/mol. The van der Waals surface area contributed by atoms with Crippen molar-refractivity contribution in [2.75, 3.05) is 7.11 Å². The van der Waals surface area contributed by atoms with Crippen LogP contribution < -0.4 is 14.2 Å². The molecule has 0 unspecified atom stereocenters. The molecule has 154 valence electrons. The van der Waals surface area contributed by atoms with E-state index in [1.54, 1.807) is 12.7 Å². The zero-order chi connectivity index (χ0) is 20.3. The van der Waals surface area contributed by atoms with E-state index in [4.69, 9.17) is 14.2 Å². The summed E-state index contributed by atoms with van der Waals surface area (Å²) >= 11 is 0. The standard InChI is InChI=1S/C25H36O3/c1-16-9-10-22-23(2,3)11-8-12-25(22,6)18(16)13-17-14-20-21(15-19(17)26-7)28-24(4,5)27-20/h13-16,22H,8-12H2,1-7H3/b18-13+/t16-,22+,25-/m1/s1. The Morgan fingerprint density at radius 2 is 1.68 bits per heavy atom. The average molecular weight is 385 g/mol. The van der Waals surface area contributed by atoms with Crippen LogP contribution in [0.15, 0.2) is 17.7 Å². The van der Waals surface area contributed by atoms with E-state index in [-0.39, 0.29) is 5.41 Å². The molecule has 2 fully saturated rings. The topological polar surface area (TPSA) is 27.7 Å². The summed E-state index contributed by atoms with van der Waals surface area (Å²) in [5, 5.41) is 0. The third-order valence-electron chi connectivity index (χ3n) is 7.63. The maximum Gasteiger partial charge on any atom is 0.246 e. The number of benzene rings is 1. The third kappa shape index (κ3) is 3.11. The largest absolute Gasteiger partial charge is 0.496 e. The minimum atomic E-state index is -0.623. The van der Waals surface area contributed by atoms with Crippen LogP contribution in [0.5, 0.6) is 17.2 Å². The first-order chi connectivity index (χ1) is 13.1. The summed E-state index contributed by atoms with van der Waals surface area (Å²) in [6.45, 7) is 13.8. The van der Waals surface area contributed by atoms with Crippen LogP contribution in [0.3, 0.4) is 0 Å². The molecule has 2 saturated carbocycles. The fourth-order valence-electron chi connectivity index (χ4n) is 6.34. The smallest absolute Gasteiger partial charge is 0.246 e. The summed E-state index contributed by atoms with van der Waals surface area (Å²) in [6.07, 6.45) is 8.97. The van der Waals surface area contributed by atoms with Crippen LogP contribution in [-0.4, -0.2) is 12.9 Å². The van der Waals surface area contributed by atoms with Gasteiger partial charge in [0.1, 0.15) is 5.75 Å². The van der Waals surface area contributed by atoms with E-state index in [9.17, 15) is 0 Å². The van der Waals surface area contributed by atoms with E-state index >= 15 is 0 Å². The Bertz CT molecular complexity index is 804. The van der Waals surface area contributed by atoms with Gasteiger partial charge in [0.2, 0.25) is 5.79 Å². The third-order valence-corrected chi connectivity index (χ3v) is 7.63. The lowest BCUT2D eigenvalue weighted by Crippen LogP contribution is -2.47. The molecule has 3 atom stereocenters. The normalized spacial score (nSPS) is 34.2. The minimum Gasteiger partial charge on any atom is -0.496 e. The summed E-state index contributed by atoms with van der Waals surface area (Å²) in [7, 11) is 1.74. The number of hydrogen-bond donors (Lipinski definition) is 0. The highest BCUT2D eigenvalue weighted by Gasteiger charge is 2.51. The SMILES string of the molecule is COc1cc2c(cc1/C=C1\[C@H](C)CC[C@H]3C(C)(C)CCC[C@]13C)OC(C)(C)O2. The van der Waals surface area contributed by atoms with Crippen molar-refractivity contribution in [3.05, 3.63) is 23.3 Å².